The van der Waals surface area contributed by atoms with Gasteiger partial charge in [0.05, 0.1) is 28.0 Å². The van der Waals surface area contributed by atoms with Crippen LogP contribution in [-0.4, -0.2) is 47.6 Å². The number of sulfone groups is 1. The van der Waals surface area contributed by atoms with E-state index >= 15 is 0 Å². The van der Waals surface area contributed by atoms with Gasteiger partial charge in [-0.2, -0.15) is 0 Å². The molecule has 6 nitrogen and oxygen atoms in total. The van der Waals surface area contributed by atoms with Crippen LogP contribution < -0.4 is 0 Å². The van der Waals surface area contributed by atoms with Crippen LogP contribution in [0.3, 0.4) is 0 Å². The molecular weight excluding hydrogens is 410 g/mol. The minimum atomic E-state index is -3.42. The first-order valence-corrected chi connectivity index (χ1v) is 12.5. The molecule has 0 N–H and O–H groups in total. The van der Waals surface area contributed by atoms with Crippen molar-refractivity contribution in [3.05, 3.63) is 59.9 Å². The third kappa shape index (κ3) is 4.82. The molecule has 2 aromatic carbocycles. The van der Waals surface area contributed by atoms with Crippen molar-refractivity contribution in [2.75, 3.05) is 18.8 Å². The molecule has 2 heterocycles. The Morgan fingerprint density at radius 3 is 2.45 bits per heavy atom. The number of benzene rings is 2. The van der Waals surface area contributed by atoms with Crippen molar-refractivity contribution in [3.8, 4) is 0 Å². The van der Waals surface area contributed by atoms with Crippen molar-refractivity contribution in [2.24, 2.45) is 5.92 Å². The third-order valence-corrected chi connectivity index (χ3v) is 8.08. The third-order valence-electron chi connectivity index (χ3n) is 6.35. The molecule has 4 rings (SSSR count). The maximum atomic E-state index is 12.6. The van der Waals surface area contributed by atoms with E-state index in [0.29, 0.717) is 19.0 Å². The summed E-state index contributed by atoms with van der Waals surface area (Å²) in [5.41, 5.74) is 4.70. The normalized spacial score (nSPS) is 15.5. The number of rotatable bonds is 6. The van der Waals surface area contributed by atoms with Gasteiger partial charge in [0.25, 0.3) is 0 Å². The second-order valence-corrected chi connectivity index (χ2v) is 10.6. The Hall–Kier alpha value is -2.67. The summed E-state index contributed by atoms with van der Waals surface area (Å²) in [6, 6.07) is 12.7. The number of carbonyl (C=O) groups is 1. The first-order valence-electron chi connectivity index (χ1n) is 10.8. The molecule has 0 radical (unpaired) electrons. The number of carbonyl (C=O) groups excluding carboxylic acids is 1. The van der Waals surface area contributed by atoms with Crippen molar-refractivity contribution < 1.29 is 13.2 Å². The SMILES string of the molecule is Cc1cc2ncn(CC3CCN(C(=O)CCS(=O)(=O)c4ccccc4)CC3)c2cc1C. The number of hydrogen-bond donors (Lipinski definition) is 0. The predicted octanol–water partition coefficient (Wildman–Crippen LogP) is 3.76. The molecule has 0 aliphatic carbocycles. The Balaban J connectivity index is 1.31. The molecule has 0 spiro atoms. The van der Waals surface area contributed by atoms with Crippen molar-refractivity contribution in [1.82, 2.24) is 14.5 Å². The van der Waals surface area contributed by atoms with Crippen molar-refractivity contribution in [3.63, 3.8) is 0 Å². The van der Waals surface area contributed by atoms with E-state index < -0.39 is 9.84 Å². The molecule has 0 saturated carbocycles. The van der Waals surface area contributed by atoms with E-state index in [2.05, 4.69) is 35.5 Å². The van der Waals surface area contributed by atoms with Crippen LogP contribution in [0.5, 0.6) is 0 Å². The minimum absolute atomic E-state index is 0.0344. The van der Waals surface area contributed by atoms with E-state index in [9.17, 15) is 13.2 Å². The first-order chi connectivity index (χ1) is 14.8. The smallest absolute Gasteiger partial charge is 0.223 e. The molecule has 1 aliphatic heterocycles. The molecule has 1 fully saturated rings. The second kappa shape index (κ2) is 8.83. The summed E-state index contributed by atoms with van der Waals surface area (Å²) >= 11 is 0. The van der Waals surface area contributed by atoms with Gasteiger partial charge in [0.2, 0.25) is 5.91 Å². The van der Waals surface area contributed by atoms with Crippen molar-refractivity contribution in [2.45, 2.75) is 44.6 Å². The van der Waals surface area contributed by atoms with Gasteiger partial charge in [-0.15, -0.1) is 0 Å². The average Bonchev–Trinajstić information content (AvgIpc) is 3.15. The zero-order valence-electron chi connectivity index (χ0n) is 18.1. The number of imidazole rings is 1. The number of amides is 1. The Kier molecular flexibility index (Phi) is 6.14. The van der Waals surface area contributed by atoms with Crippen LogP contribution in [0.25, 0.3) is 11.0 Å². The lowest BCUT2D eigenvalue weighted by Gasteiger charge is -2.32. The zero-order chi connectivity index (χ0) is 22.0. The summed E-state index contributed by atoms with van der Waals surface area (Å²) in [5, 5.41) is 0. The van der Waals surface area contributed by atoms with Crippen LogP contribution in [-0.2, 0) is 21.2 Å². The monoisotopic (exact) mass is 439 g/mol. The average molecular weight is 440 g/mol. The van der Waals surface area contributed by atoms with Gasteiger partial charge >= 0.3 is 0 Å². The molecule has 164 valence electrons. The summed E-state index contributed by atoms with van der Waals surface area (Å²) in [7, 11) is -3.42. The van der Waals surface area contributed by atoms with Gasteiger partial charge < -0.3 is 9.47 Å². The molecular formula is C24H29N3O3S. The van der Waals surface area contributed by atoms with Gasteiger partial charge in [-0.3, -0.25) is 4.79 Å². The largest absolute Gasteiger partial charge is 0.343 e. The summed E-state index contributed by atoms with van der Waals surface area (Å²) in [5.74, 6) is 0.267. The number of piperidine rings is 1. The molecule has 1 amide bonds. The van der Waals surface area contributed by atoms with Crippen LogP contribution in [0.2, 0.25) is 0 Å². The first kappa shape index (κ1) is 21.6. The second-order valence-electron chi connectivity index (χ2n) is 8.53. The summed E-state index contributed by atoms with van der Waals surface area (Å²) < 4.78 is 27.1. The molecule has 0 unspecified atom stereocenters. The molecule has 1 saturated heterocycles. The minimum Gasteiger partial charge on any atom is -0.343 e. The van der Waals surface area contributed by atoms with E-state index in [4.69, 9.17) is 0 Å². The summed E-state index contributed by atoms with van der Waals surface area (Å²) in [6.45, 7) is 6.47. The molecule has 31 heavy (non-hydrogen) atoms. The van der Waals surface area contributed by atoms with E-state index in [1.807, 2.05) is 11.2 Å². The van der Waals surface area contributed by atoms with Crippen molar-refractivity contribution in [1.29, 1.82) is 0 Å². The highest BCUT2D eigenvalue weighted by molar-refractivity contribution is 7.91. The number of hydrogen-bond acceptors (Lipinski definition) is 4. The molecule has 1 aromatic heterocycles. The molecule has 1 aliphatic rings. The fourth-order valence-corrected chi connectivity index (χ4v) is 5.48. The topological polar surface area (TPSA) is 72.3 Å². The number of aromatic nitrogens is 2. The molecule has 7 heteroatoms. The highest BCUT2D eigenvalue weighted by Gasteiger charge is 2.25. The van der Waals surface area contributed by atoms with Crippen molar-refractivity contribution >= 4 is 26.8 Å². The van der Waals surface area contributed by atoms with Crippen LogP contribution in [0.15, 0.2) is 53.7 Å². The molecule has 3 aromatic rings. The van der Waals surface area contributed by atoms with E-state index in [1.54, 1.807) is 30.3 Å². The zero-order valence-corrected chi connectivity index (χ0v) is 18.9. The van der Waals surface area contributed by atoms with Crippen LogP contribution in [0, 0.1) is 19.8 Å². The molecule has 0 atom stereocenters. The lowest BCUT2D eigenvalue weighted by Crippen LogP contribution is -2.39. The van der Waals surface area contributed by atoms with Gasteiger partial charge in [0.1, 0.15) is 0 Å². The predicted molar refractivity (Wildman–Crippen MR) is 122 cm³/mol. The van der Waals surface area contributed by atoms with Gasteiger partial charge in [0.15, 0.2) is 9.84 Å². The Labute approximate surface area is 183 Å². The van der Waals surface area contributed by atoms with Crippen LogP contribution in [0.1, 0.15) is 30.4 Å². The van der Waals surface area contributed by atoms with E-state index in [0.717, 1.165) is 30.4 Å². The highest BCUT2D eigenvalue weighted by atomic mass is 32.2. The number of aryl methyl sites for hydroxylation is 2. The van der Waals surface area contributed by atoms with Gasteiger partial charge in [-0.05, 0) is 68.0 Å². The lowest BCUT2D eigenvalue weighted by molar-refractivity contribution is -0.132. The van der Waals surface area contributed by atoms with Gasteiger partial charge in [0, 0.05) is 26.1 Å². The Bertz CT molecular complexity index is 1180. The maximum absolute atomic E-state index is 12.6. The lowest BCUT2D eigenvalue weighted by atomic mass is 9.96. The maximum Gasteiger partial charge on any atom is 0.223 e. The van der Waals surface area contributed by atoms with E-state index in [-0.39, 0.29) is 23.0 Å². The van der Waals surface area contributed by atoms with Gasteiger partial charge in [-0.25, -0.2) is 13.4 Å². The number of nitrogens with zero attached hydrogens (tertiary/aromatic N) is 3. The quantitative estimate of drug-likeness (QED) is 0.586. The Morgan fingerprint density at radius 2 is 1.74 bits per heavy atom. The Morgan fingerprint density at radius 1 is 1.06 bits per heavy atom. The fraction of sp³-hybridized carbons (Fsp3) is 0.417. The van der Waals surface area contributed by atoms with E-state index in [1.165, 1.54) is 11.1 Å². The van der Waals surface area contributed by atoms with Crippen LogP contribution >= 0.6 is 0 Å². The number of fused-ring (bicyclic) bond motifs is 1. The molecule has 0 bridgehead atoms. The van der Waals surface area contributed by atoms with Gasteiger partial charge in [-0.1, -0.05) is 18.2 Å². The standard InChI is InChI=1S/C24H29N3O3S/c1-18-14-22-23(15-19(18)2)27(17-25-22)16-20-8-11-26(12-9-20)24(28)10-13-31(29,30)21-6-4-3-5-7-21/h3-7,14-15,17,20H,8-13,16H2,1-2H3. The van der Waals surface area contributed by atoms with Crippen LogP contribution in [0.4, 0.5) is 0 Å². The highest BCUT2D eigenvalue weighted by Crippen LogP contribution is 2.24. The number of likely N-dealkylation sites (tertiary alicyclic amines) is 1. The fourth-order valence-electron chi connectivity index (χ4n) is 4.23. The summed E-state index contributed by atoms with van der Waals surface area (Å²) in [6.07, 6.45) is 3.78. The summed E-state index contributed by atoms with van der Waals surface area (Å²) in [4.78, 5) is 19.2.